The first-order valence-electron chi connectivity index (χ1n) is 7.02. The van der Waals surface area contributed by atoms with Crippen molar-refractivity contribution < 1.29 is 17.9 Å². The van der Waals surface area contributed by atoms with Crippen molar-refractivity contribution in [3.05, 3.63) is 0 Å². The molecule has 0 aliphatic carbocycles. The number of halogens is 3. The predicted molar refractivity (Wildman–Crippen MR) is 69.2 cm³/mol. The van der Waals surface area contributed by atoms with Crippen LogP contribution in [0.1, 0.15) is 26.7 Å². The fraction of sp³-hybridized carbons (Fsp3) is 1.00. The standard InChI is InChI=1S/C13H25F3N2O/c1-3-18-7-4-5-12(9-18)11(2)17-6-8-19-10-13(14,15)16/h11-12,17H,3-10H2,1-2H3. The Balaban J connectivity index is 2.11. The molecule has 1 heterocycles. The van der Waals surface area contributed by atoms with E-state index < -0.39 is 12.8 Å². The van der Waals surface area contributed by atoms with E-state index in [0.29, 0.717) is 18.5 Å². The van der Waals surface area contributed by atoms with Gasteiger partial charge >= 0.3 is 6.18 Å². The Morgan fingerprint density at radius 2 is 2.16 bits per heavy atom. The van der Waals surface area contributed by atoms with Crippen molar-refractivity contribution in [2.24, 2.45) is 5.92 Å². The third-order valence-electron chi connectivity index (χ3n) is 3.67. The van der Waals surface area contributed by atoms with Gasteiger partial charge in [0.1, 0.15) is 6.61 Å². The van der Waals surface area contributed by atoms with Gasteiger partial charge in [0, 0.05) is 19.1 Å². The lowest BCUT2D eigenvalue weighted by molar-refractivity contribution is -0.173. The van der Waals surface area contributed by atoms with E-state index in [0.717, 1.165) is 19.6 Å². The molecule has 0 radical (unpaired) electrons. The summed E-state index contributed by atoms with van der Waals surface area (Å²) in [6.45, 7) is 6.99. The van der Waals surface area contributed by atoms with Crippen molar-refractivity contribution in [2.75, 3.05) is 39.4 Å². The van der Waals surface area contributed by atoms with Crippen LogP contribution in [0.4, 0.5) is 13.2 Å². The molecule has 0 amide bonds. The summed E-state index contributed by atoms with van der Waals surface area (Å²) in [5.41, 5.74) is 0. The highest BCUT2D eigenvalue weighted by molar-refractivity contribution is 4.79. The van der Waals surface area contributed by atoms with E-state index in [1.54, 1.807) is 0 Å². The maximum absolute atomic E-state index is 11.9. The number of nitrogens with one attached hydrogen (secondary N) is 1. The lowest BCUT2D eigenvalue weighted by Crippen LogP contribution is -2.45. The molecule has 1 N–H and O–H groups in total. The third kappa shape index (κ3) is 7.13. The Bertz CT molecular complexity index is 249. The minimum atomic E-state index is -4.23. The number of piperidine rings is 1. The molecule has 0 bridgehead atoms. The molecule has 114 valence electrons. The van der Waals surface area contributed by atoms with Crippen LogP contribution in [0.25, 0.3) is 0 Å². The van der Waals surface area contributed by atoms with Crippen molar-refractivity contribution in [3.63, 3.8) is 0 Å². The Morgan fingerprint density at radius 1 is 1.42 bits per heavy atom. The molecule has 1 aliphatic rings. The number of ether oxygens (including phenoxy) is 1. The summed E-state index contributed by atoms with van der Waals surface area (Å²) in [5.74, 6) is 0.580. The highest BCUT2D eigenvalue weighted by atomic mass is 19.4. The van der Waals surface area contributed by atoms with E-state index in [-0.39, 0.29) is 6.61 Å². The number of nitrogens with zero attached hydrogens (tertiary/aromatic N) is 1. The molecule has 1 saturated heterocycles. The van der Waals surface area contributed by atoms with Gasteiger partial charge in [-0.05, 0) is 38.8 Å². The summed E-state index contributed by atoms with van der Waals surface area (Å²) in [6, 6.07) is 0.323. The first-order chi connectivity index (χ1) is 8.92. The van der Waals surface area contributed by atoms with Gasteiger partial charge in [0.25, 0.3) is 0 Å². The van der Waals surface area contributed by atoms with Crippen LogP contribution < -0.4 is 5.32 Å². The van der Waals surface area contributed by atoms with Crippen LogP contribution in [0.2, 0.25) is 0 Å². The molecule has 0 saturated carbocycles. The van der Waals surface area contributed by atoms with E-state index in [1.807, 2.05) is 0 Å². The molecule has 19 heavy (non-hydrogen) atoms. The molecule has 6 heteroatoms. The van der Waals surface area contributed by atoms with E-state index >= 15 is 0 Å². The number of hydrogen-bond donors (Lipinski definition) is 1. The SMILES string of the molecule is CCN1CCCC(C(C)NCCOCC(F)(F)F)C1. The Morgan fingerprint density at radius 3 is 2.79 bits per heavy atom. The second-order valence-electron chi connectivity index (χ2n) is 5.21. The first kappa shape index (κ1) is 16.7. The summed E-state index contributed by atoms with van der Waals surface area (Å²) in [4.78, 5) is 2.42. The van der Waals surface area contributed by atoms with Gasteiger partial charge in [0.2, 0.25) is 0 Å². The molecule has 1 fully saturated rings. The molecule has 0 aromatic rings. The van der Waals surface area contributed by atoms with Gasteiger partial charge in [-0.1, -0.05) is 6.92 Å². The van der Waals surface area contributed by atoms with Crippen LogP contribution in [-0.4, -0.2) is 56.5 Å². The molecule has 3 nitrogen and oxygen atoms in total. The molecular formula is C13H25F3N2O. The van der Waals surface area contributed by atoms with Crippen LogP contribution in [0.3, 0.4) is 0 Å². The maximum atomic E-state index is 11.9. The minimum absolute atomic E-state index is 0.105. The van der Waals surface area contributed by atoms with E-state index in [1.165, 1.54) is 12.8 Å². The number of alkyl halides is 3. The monoisotopic (exact) mass is 282 g/mol. The van der Waals surface area contributed by atoms with E-state index in [4.69, 9.17) is 0 Å². The predicted octanol–water partition coefficient (Wildman–Crippen LogP) is 2.28. The van der Waals surface area contributed by atoms with Crippen LogP contribution in [-0.2, 0) is 4.74 Å². The molecular weight excluding hydrogens is 257 g/mol. The molecule has 2 unspecified atom stereocenters. The lowest BCUT2D eigenvalue weighted by Gasteiger charge is -2.35. The fourth-order valence-corrected chi connectivity index (χ4v) is 2.50. The highest BCUT2D eigenvalue weighted by Gasteiger charge is 2.27. The van der Waals surface area contributed by atoms with Crippen LogP contribution in [0.5, 0.6) is 0 Å². The average Bonchev–Trinajstić information content (AvgIpc) is 2.37. The van der Waals surface area contributed by atoms with Gasteiger partial charge in [0.05, 0.1) is 6.61 Å². The van der Waals surface area contributed by atoms with Gasteiger partial charge in [-0.15, -0.1) is 0 Å². The van der Waals surface area contributed by atoms with Crippen molar-refractivity contribution in [3.8, 4) is 0 Å². The quantitative estimate of drug-likeness (QED) is 0.725. The average molecular weight is 282 g/mol. The number of hydrogen-bond acceptors (Lipinski definition) is 3. The van der Waals surface area contributed by atoms with Gasteiger partial charge in [-0.2, -0.15) is 13.2 Å². The zero-order valence-corrected chi connectivity index (χ0v) is 11.8. The third-order valence-corrected chi connectivity index (χ3v) is 3.67. The Labute approximate surface area is 113 Å². The van der Waals surface area contributed by atoms with Gasteiger partial charge < -0.3 is 15.0 Å². The second kappa shape index (κ2) is 8.07. The Hall–Kier alpha value is -0.330. The lowest BCUT2D eigenvalue weighted by atomic mass is 9.91. The summed E-state index contributed by atoms with van der Waals surface area (Å²) in [5, 5.41) is 3.26. The van der Waals surface area contributed by atoms with Crippen LogP contribution in [0, 0.1) is 5.92 Å². The molecule has 0 aromatic carbocycles. The van der Waals surface area contributed by atoms with E-state index in [9.17, 15) is 13.2 Å². The minimum Gasteiger partial charge on any atom is -0.371 e. The van der Waals surface area contributed by atoms with Gasteiger partial charge in [-0.25, -0.2) is 0 Å². The number of likely N-dealkylation sites (tertiary alicyclic amines) is 1. The van der Waals surface area contributed by atoms with Crippen molar-refractivity contribution >= 4 is 0 Å². The van der Waals surface area contributed by atoms with Crippen LogP contribution >= 0.6 is 0 Å². The topological polar surface area (TPSA) is 24.5 Å². The zero-order chi connectivity index (χ0) is 14.3. The van der Waals surface area contributed by atoms with Gasteiger partial charge in [-0.3, -0.25) is 0 Å². The number of rotatable bonds is 7. The molecule has 0 spiro atoms. The summed E-state index contributed by atoms with van der Waals surface area (Å²) < 4.78 is 40.2. The van der Waals surface area contributed by atoms with Crippen LogP contribution in [0.15, 0.2) is 0 Å². The molecule has 1 rings (SSSR count). The fourth-order valence-electron chi connectivity index (χ4n) is 2.50. The van der Waals surface area contributed by atoms with Crippen molar-refractivity contribution in [2.45, 2.75) is 38.9 Å². The van der Waals surface area contributed by atoms with Crippen molar-refractivity contribution in [1.82, 2.24) is 10.2 Å². The molecule has 2 atom stereocenters. The maximum Gasteiger partial charge on any atom is 0.411 e. The van der Waals surface area contributed by atoms with Gasteiger partial charge in [0.15, 0.2) is 0 Å². The zero-order valence-electron chi connectivity index (χ0n) is 11.8. The van der Waals surface area contributed by atoms with E-state index in [2.05, 4.69) is 28.8 Å². The highest BCUT2D eigenvalue weighted by Crippen LogP contribution is 2.19. The molecule has 0 aromatic heterocycles. The van der Waals surface area contributed by atoms with Crippen molar-refractivity contribution in [1.29, 1.82) is 0 Å². The molecule has 1 aliphatic heterocycles. The normalized spacial score (nSPS) is 23.5. The first-order valence-corrected chi connectivity index (χ1v) is 7.02. The second-order valence-corrected chi connectivity index (χ2v) is 5.21. The smallest absolute Gasteiger partial charge is 0.371 e. The Kier molecular flexibility index (Phi) is 7.10. The summed E-state index contributed by atoms with van der Waals surface area (Å²) in [7, 11) is 0. The summed E-state index contributed by atoms with van der Waals surface area (Å²) >= 11 is 0. The summed E-state index contributed by atoms with van der Waals surface area (Å²) in [6.07, 6.45) is -1.83. The largest absolute Gasteiger partial charge is 0.411 e.